The number of amides is 1. The lowest BCUT2D eigenvalue weighted by atomic mass is 10.2. The molecule has 1 aromatic heterocycles. The van der Waals surface area contributed by atoms with Crippen LogP contribution in [-0.2, 0) is 17.8 Å². The molecule has 0 bridgehead atoms. The topological polar surface area (TPSA) is 55.1 Å². The van der Waals surface area contributed by atoms with E-state index in [0.717, 1.165) is 10.0 Å². The lowest BCUT2D eigenvalue weighted by molar-refractivity contribution is -0.121. The largest absolute Gasteiger partial charge is 0.441 e. The lowest BCUT2D eigenvalue weighted by Gasteiger charge is -2.07. The summed E-state index contributed by atoms with van der Waals surface area (Å²) in [4.78, 5) is 16.1. The minimum Gasteiger partial charge on any atom is -0.441 e. The first-order chi connectivity index (χ1) is 12.5. The van der Waals surface area contributed by atoms with Gasteiger partial charge in [-0.3, -0.25) is 4.79 Å². The summed E-state index contributed by atoms with van der Waals surface area (Å²) in [5.74, 6) is 0.217. The van der Waals surface area contributed by atoms with E-state index in [1.807, 2.05) is 12.1 Å². The molecule has 1 N–H and O–H groups in total. The van der Waals surface area contributed by atoms with Crippen LogP contribution in [0.25, 0.3) is 11.3 Å². The maximum absolute atomic E-state index is 13.8. The predicted octanol–water partition coefficient (Wildman–Crippen LogP) is 5.15. The quantitative estimate of drug-likeness (QED) is 0.580. The Balaban J connectivity index is 1.53. The van der Waals surface area contributed by atoms with Crippen LogP contribution in [0.4, 0.5) is 4.39 Å². The number of oxazole rings is 1. The first-order valence-corrected chi connectivity index (χ1v) is 9.10. The van der Waals surface area contributed by atoms with E-state index in [4.69, 9.17) is 16.0 Å². The Morgan fingerprint density at radius 1 is 1.27 bits per heavy atom. The Labute approximate surface area is 163 Å². The highest BCUT2D eigenvalue weighted by Crippen LogP contribution is 2.24. The summed E-state index contributed by atoms with van der Waals surface area (Å²) in [6, 6.07) is 11.8. The summed E-state index contributed by atoms with van der Waals surface area (Å²) in [7, 11) is 0. The first kappa shape index (κ1) is 18.6. The molecule has 3 aromatic rings. The van der Waals surface area contributed by atoms with E-state index in [-0.39, 0.29) is 18.1 Å². The van der Waals surface area contributed by atoms with E-state index in [1.54, 1.807) is 24.3 Å². The second-order valence-electron chi connectivity index (χ2n) is 5.61. The number of carbonyl (C=O) groups excluding carboxylic acids is 1. The Bertz CT molecular complexity index is 929. The van der Waals surface area contributed by atoms with Gasteiger partial charge in [0.25, 0.3) is 0 Å². The van der Waals surface area contributed by atoms with Crippen LogP contribution in [0.2, 0.25) is 5.02 Å². The summed E-state index contributed by atoms with van der Waals surface area (Å²) in [5, 5.41) is 3.39. The SMILES string of the molecule is O=C(CCc1ncc(-c2ccccc2F)o1)NCc1ccc(Br)cc1Cl. The van der Waals surface area contributed by atoms with Crippen molar-refractivity contribution in [2.75, 3.05) is 0 Å². The van der Waals surface area contributed by atoms with E-state index >= 15 is 0 Å². The van der Waals surface area contributed by atoms with Gasteiger partial charge in [0.1, 0.15) is 5.82 Å². The highest BCUT2D eigenvalue weighted by Gasteiger charge is 2.12. The van der Waals surface area contributed by atoms with Gasteiger partial charge in [-0.2, -0.15) is 0 Å². The highest BCUT2D eigenvalue weighted by atomic mass is 79.9. The van der Waals surface area contributed by atoms with Gasteiger partial charge < -0.3 is 9.73 Å². The van der Waals surface area contributed by atoms with Crippen molar-refractivity contribution < 1.29 is 13.6 Å². The fraction of sp³-hybridized carbons (Fsp3) is 0.158. The number of aryl methyl sites for hydroxylation is 1. The van der Waals surface area contributed by atoms with Crippen molar-refractivity contribution in [2.45, 2.75) is 19.4 Å². The molecule has 4 nitrogen and oxygen atoms in total. The Morgan fingerprint density at radius 3 is 2.85 bits per heavy atom. The molecule has 0 fully saturated rings. The third-order valence-corrected chi connectivity index (χ3v) is 4.60. The van der Waals surface area contributed by atoms with Crippen molar-refractivity contribution in [1.29, 1.82) is 0 Å². The van der Waals surface area contributed by atoms with Gasteiger partial charge in [-0.05, 0) is 29.8 Å². The molecular formula is C19H15BrClFN2O2. The molecule has 1 amide bonds. The molecule has 0 aliphatic rings. The zero-order valence-electron chi connectivity index (χ0n) is 13.6. The molecule has 0 aliphatic carbocycles. The predicted molar refractivity (Wildman–Crippen MR) is 101 cm³/mol. The summed E-state index contributed by atoms with van der Waals surface area (Å²) in [6.07, 6.45) is 2.01. The van der Waals surface area contributed by atoms with Gasteiger partial charge in [-0.25, -0.2) is 9.37 Å². The van der Waals surface area contributed by atoms with Crippen LogP contribution in [0.3, 0.4) is 0 Å². The van der Waals surface area contributed by atoms with Crippen LogP contribution in [-0.4, -0.2) is 10.9 Å². The van der Waals surface area contributed by atoms with Gasteiger partial charge in [0.15, 0.2) is 11.7 Å². The third-order valence-electron chi connectivity index (χ3n) is 3.75. The molecule has 0 atom stereocenters. The summed E-state index contributed by atoms with van der Waals surface area (Å²) in [6.45, 7) is 0.344. The number of nitrogens with zero attached hydrogens (tertiary/aromatic N) is 1. The number of halogens is 3. The molecule has 7 heteroatoms. The number of hydrogen-bond acceptors (Lipinski definition) is 3. The van der Waals surface area contributed by atoms with Gasteiger partial charge in [0, 0.05) is 28.9 Å². The summed E-state index contributed by atoms with van der Waals surface area (Å²) < 4.78 is 20.2. The molecule has 2 aromatic carbocycles. The zero-order chi connectivity index (χ0) is 18.5. The molecule has 134 valence electrons. The number of benzene rings is 2. The van der Waals surface area contributed by atoms with E-state index in [1.165, 1.54) is 12.3 Å². The van der Waals surface area contributed by atoms with E-state index in [9.17, 15) is 9.18 Å². The molecule has 0 unspecified atom stereocenters. The molecule has 0 radical (unpaired) electrons. The van der Waals surface area contributed by atoms with Crippen molar-refractivity contribution in [3.63, 3.8) is 0 Å². The number of rotatable bonds is 6. The fourth-order valence-corrected chi connectivity index (χ4v) is 3.12. The second kappa shape index (κ2) is 8.47. The van der Waals surface area contributed by atoms with Crippen LogP contribution < -0.4 is 5.32 Å². The maximum atomic E-state index is 13.8. The van der Waals surface area contributed by atoms with Crippen molar-refractivity contribution in [2.24, 2.45) is 0 Å². The summed E-state index contributed by atoms with van der Waals surface area (Å²) >= 11 is 9.46. The highest BCUT2D eigenvalue weighted by molar-refractivity contribution is 9.10. The number of aromatic nitrogens is 1. The Morgan fingerprint density at radius 2 is 2.08 bits per heavy atom. The van der Waals surface area contributed by atoms with Crippen molar-refractivity contribution in [3.05, 3.63) is 75.4 Å². The molecular weight excluding hydrogens is 423 g/mol. The minimum absolute atomic E-state index is 0.144. The van der Waals surface area contributed by atoms with Crippen LogP contribution >= 0.6 is 27.5 Å². The van der Waals surface area contributed by atoms with Gasteiger partial charge in [0.2, 0.25) is 5.91 Å². The molecule has 3 rings (SSSR count). The van der Waals surface area contributed by atoms with Gasteiger partial charge in [0.05, 0.1) is 11.8 Å². The average Bonchev–Trinajstić information content (AvgIpc) is 3.08. The Hall–Kier alpha value is -2.18. The van der Waals surface area contributed by atoms with Crippen LogP contribution in [0.15, 0.2) is 57.6 Å². The third kappa shape index (κ3) is 4.71. The Kier molecular flexibility index (Phi) is 6.06. The standard InChI is InChI=1S/C19H15BrClFN2O2/c20-13-6-5-12(15(21)9-13)10-23-18(25)7-8-19-24-11-17(26-19)14-3-1-2-4-16(14)22/h1-6,9,11H,7-8,10H2,(H,23,25). The normalized spacial score (nSPS) is 10.7. The lowest BCUT2D eigenvalue weighted by Crippen LogP contribution is -2.23. The fourth-order valence-electron chi connectivity index (χ4n) is 2.38. The van der Waals surface area contributed by atoms with E-state index in [0.29, 0.717) is 35.2 Å². The number of nitrogens with one attached hydrogen (secondary N) is 1. The second-order valence-corrected chi connectivity index (χ2v) is 6.93. The van der Waals surface area contributed by atoms with E-state index < -0.39 is 0 Å². The maximum Gasteiger partial charge on any atom is 0.220 e. The van der Waals surface area contributed by atoms with Crippen LogP contribution in [0, 0.1) is 5.82 Å². The first-order valence-electron chi connectivity index (χ1n) is 7.93. The number of hydrogen-bond donors (Lipinski definition) is 1. The zero-order valence-corrected chi connectivity index (χ0v) is 16.0. The molecule has 0 spiro atoms. The van der Waals surface area contributed by atoms with Crippen molar-refractivity contribution >= 4 is 33.4 Å². The molecule has 1 heterocycles. The monoisotopic (exact) mass is 436 g/mol. The smallest absolute Gasteiger partial charge is 0.220 e. The number of carbonyl (C=O) groups is 1. The molecule has 0 saturated heterocycles. The van der Waals surface area contributed by atoms with Crippen molar-refractivity contribution in [1.82, 2.24) is 10.3 Å². The minimum atomic E-state index is -0.376. The van der Waals surface area contributed by atoms with E-state index in [2.05, 4.69) is 26.2 Å². The molecule has 0 saturated carbocycles. The van der Waals surface area contributed by atoms with Crippen LogP contribution in [0.5, 0.6) is 0 Å². The van der Waals surface area contributed by atoms with Crippen molar-refractivity contribution in [3.8, 4) is 11.3 Å². The summed E-state index contributed by atoms with van der Waals surface area (Å²) in [5.41, 5.74) is 1.18. The van der Waals surface area contributed by atoms with Crippen LogP contribution in [0.1, 0.15) is 17.9 Å². The average molecular weight is 438 g/mol. The molecule has 26 heavy (non-hydrogen) atoms. The van der Waals surface area contributed by atoms with Gasteiger partial charge >= 0.3 is 0 Å². The molecule has 0 aliphatic heterocycles. The van der Waals surface area contributed by atoms with Gasteiger partial charge in [-0.15, -0.1) is 0 Å². The van der Waals surface area contributed by atoms with Gasteiger partial charge in [-0.1, -0.05) is 45.7 Å².